The van der Waals surface area contributed by atoms with E-state index >= 15 is 0 Å². The molecule has 1 aromatic heterocycles. The van der Waals surface area contributed by atoms with Crippen LogP contribution in [0.15, 0.2) is 53.0 Å². The van der Waals surface area contributed by atoms with Gasteiger partial charge in [0.2, 0.25) is 0 Å². The van der Waals surface area contributed by atoms with Gasteiger partial charge in [-0.25, -0.2) is 4.79 Å². The highest BCUT2D eigenvalue weighted by atomic mass is 79.9. The third-order valence-electron chi connectivity index (χ3n) is 3.51. The smallest absolute Gasteiger partial charge is 0.355 e. The van der Waals surface area contributed by atoms with Crippen molar-refractivity contribution in [1.29, 1.82) is 5.26 Å². The minimum Gasteiger partial charge on any atom is -0.461 e. The van der Waals surface area contributed by atoms with E-state index < -0.39 is 5.97 Å². The van der Waals surface area contributed by atoms with Crippen LogP contribution in [0.3, 0.4) is 0 Å². The summed E-state index contributed by atoms with van der Waals surface area (Å²) >= 11 is 3.44. The molecule has 0 aliphatic carbocycles. The van der Waals surface area contributed by atoms with Gasteiger partial charge < -0.3 is 9.30 Å². The van der Waals surface area contributed by atoms with Crippen molar-refractivity contribution in [3.8, 4) is 11.8 Å². The maximum Gasteiger partial charge on any atom is 0.355 e. The van der Waals surface area contributed by atoms with Crippen LogP contribution in [-0.2, 0) is 4.74 Å². The van der Waals surface area contributed by atoms with Crippen LogP contribution in [0.2, 0.25) is 0 Å². The molecule has 0 saturated carbocycles. The van der Waals surface area contributed by atoms with Gasteiger partial charge in [-0.3, -0.25) is 0 Å². The third kappa shape index (κ3) is 2.73. The van der Waals surface area contributed by atoms with Crippen molar-refractivity contribution in [2.75, 3.05) is 6.61 Å². The Morgan fingerprint density at radius 3 is 2.78 bits per heavy atom. The molecule has 0 atom stereocenters. The van der Waals surface area contributed by atoms with E-state index in [4.69, 9.17) is 4.74 Å². The molecule has 1 heterocycles. The van der Waals surface area contributed by atoms with Gasteiger partial charge in [0.15, 0.2) is 0 Å². The van der Waals surface area contributed by atoms with Gasteiger partial charge in [-0.15, -0.1) is 0 Å². The number of nitriles is 1. The van der Waals surface area contributed by atoms with Crippen LogP contribution in [0.25, 0.3) is 16.6 Å². The second kappa shape index (κ2) is 6.27. The number of carbonyl (C=O) groups excluding carboxylic acids is 1. The fourth-order valence-corrected chi connectivity index (χ4v) is 2.94. The quantitative estimate of drug-likeness (QED) is 0.642. The van der Waals surface area contributed by atoms with E-state index in [0.717, 1.165) is 15.4 Å². The van der Waals surface area contributed by atoms with Gasteiger partial charge in [0.25, 0.3) is 0 Å². The summed E-state index contributed by atoms with van der Waals surface area (Å²) in [6, 6.07) is 16.9. The molecule has 0 N–H and O–H groups in total. The molecule has 3 rings (SSSR count). The Bertz CT molecular complexity index is 938. The molecule has 23 heavy (non-hydrogen) atoms. The summed E-state index contributed by atoms with van der Waals surface area (Å²) in [6.45, 7) is 2.06. The number of rotatable bonds is 3. The number of fused-ring (bicyclic) bond motifs is 1. The summed E-state index contributed by atoms with van der Waals surface area (Å²) in [7, 11) is 0. The number of esters is 1. The predicted octanol–water partition coefficient (Wildman–Crippen LogP) is 4.44. The number of benzene rings is 2. The number of halogens is 1. The summed E-state index contributed by atoms with van der Waals surface area (Å²) in [5, 5.41) is 10.3. The lowest BCUT2D eigenvalue weighted by atomic mass is 10.2. The highest BCUT2D eigenvalue weighted by Crippen LogP contribution is 2.29. The summed E-state index contributed by atoms with van der Waals surface area (Å²) in [6.07, 6.45) is 0. The average Bonchev–Trinajstić information content (AvgIpc) is 2.93. The van der Waals surface area contributed by atoms with Crippen LogP contribution in [0.1, 0.15) is 23.0 Å². The minimum absolute atomic E-state index is 0.296. The lowest BCUT2D eigenvalue weighted by molar-refractivity contribution is 0.0517. The van der Waals surface area contributed by atoms with Crippen molar-refractivity contribution < 1.29 is 9.53 Å². The molecule has 0 fully saturated rings. The van der Waals surface area contributed by atoms with E-state index in [1.165, 1.54) is 0 Å². The van der Waals surface area contributed by atoms with Gasteiger partial charge in [-0.1, -0.05) is 28.1 Å². The molecular weight excluding hydrogens is 356 g/mol. The summed E-state index contributed by atoms with van der Waals surface area (Å²) < 4.78 is 7.87. The summed E-state index contributed by atoms with van der Waals surface area (Å²) in [5.74, 6) is -0.410. The maximum atomic E-state index is 12.4. The number of hydrogen-bond donors (Lipinski definition) is 0. The number of nitrogens with zero attached hydrogens (tertiary/aromatic N) is 2. The van der Waals surface area contributed by atoms with Crippen LogP contribution in [-0.4, -0.2) is 17.1 Å². The first kappa shape index (κ1) is 15.3. The molecule has 0 aliphatic heterocycles. The highest BCUT2D eigenvalue weighted by molar-refractivity contribution is 9.10. The number of hydrogen-bond acceptors (Lipinski definition) is 3. The van der Waals surface area contributed by atoms with Crippen LogP contribution >= 0.6 is 15.9 Å². The molecule has 3 aromatic rings. The minimum atomic E-state index is -0.410. The topological polar surface area (TPSA) is 55.0 Å². The monoisotopic (exact) mass is 368 g/mol. The molecular formula is C18H13BrN2O2. The SMILES string of the molecule is CCOC(=O)c1cc2cc(Br)ccc2n1-c1ccccc1C#N. The predicted molar refractivity (Wildman–Crippen MR) is 91.6 cm³/mol. The van der Waals surface area contributed by atoms with E-state index in [9.17, 15) is 10.1 Å². The zero-order valence-electron chi connectivity index (χ0n) is 12.4. The fraction of sp³-hybridized carbons (Fsp3) is 0.111. The normalized spacial score (nSPS) is 10.5. The van der Waals surface area contributed by atoms with Gasteiger partial charge in [-0.05, 0) is 43.3 Å². The Labute approximate surface area is 142 Å². The van der Waals surface area contributed by atoms with Crippen molar-refractivity contribution in [2.45, 2.75) is 6.92 Å². The van der Waals surface area contributed by atoms with E-state index in [2.05, 4.69) is 22.0 Å². The number of para-hydroxylation sites is 1. The summed E-state index contributed by atoms with van der Waals surface area (Å²) in [4.78, 5) is 12.4. The summed E-state index contributed by atoms with van der Waals surface area (Å²) in [5.41, 5.74) is 2.41. The van der Waals surface area contributed by atoms with E-state index in [1.807, 2.05) is 30.3 Å². The van der Waals surface area contributed by atoms with Crippen molar-refractivity contribution in [1.82, 2.24) is 4.57 Å². The fourth-order valence-electron chi connectivity index (χ4n) is 2.56. The Morgan fingerprint density at radius 1 is 1.26 bits per heavy atom. The zero-order chi connectivity index (χ0) is 16.4. The molecule has 0 bridgehead atoms. The number of aromatic nitrogens is 1. The van der Waals surface area contributed by atoms with Crippen molar-refractivity contribution in [3.63, 3.8) is 0 Å². The Hall–Kier alpha value is -2.58. The maximum absolute atomic E-state index is 12.4. The Morgan fingerprint density at radius 2 is 2.04 bits per heavy atom. The first-order chi connectivity index (χ1) is 11.2. The highest BCUT2D eigenvalue weighted by Gasteiger charge is 2.19. The molecule has 0 radical (unpaired) electrons. The second-order valence-corrected chi connectivity index (χ2v) is 5.83. The van der Waals surface area contributed by atoms with Gasteiger partial charge in [0.05, 0.1) is 23.4 Å². The lowest BCUT2D eigenvalue weighted by Crippen LogP contribution is -2.11. The van der Waals surface area contributed by atoms with Crippen LogP contribution in [0.5, 0.6) is 0 Å². The number of carbonyl (C=O) groups is 1. The molecule has 0 spiro atoms. The molecule has 0 saturated heterocycles. The van der Waals surface area contributed by atoms with Gasteiger partial charge in [0.1, 0.15) is 11.8 Å². The van der Waals surface area contributed by atoms with Crippen molar-refractivity contribution >= 4 is 32.8 Å². The lowest BCUT2D eigenvalue weighted by Gasteiger charge is -2.11. The van der Waals surface area contributed by atoms with Gasteiger partial charge >= 0.3 is 5.97 Å². The molecule has 0 aliphatic rings. The second-order valence-electron chi connectivity index (χ2n) is 4.92. The Kier molecular flexibility index (Phi) is 4.18. The van der Waals surface area contributed by atoms with E-state index in [-0.39, 0.29) is 0 Å². The van der Waals surface area contributed by atoms with E-state index in [1.54, 1.807) is 29.7 Å². The third-order valence-corrected chi connectivity index (χ3v) is 4.01. The molecule has 114 valence electrons. The van der Waals surface area contributed by atoms with Crippen molar-refractivity contribution in [2.24, 2.45) is 0 Å². The standard InChI is InChI=1S/C18H13BrN2O2/c1-2-23-18(22)17-10-13-9-14(19)7-8-16(13)21(17)15-6-4-3-5-12(15)11-20/h3-10H,2H2,1H3. The molecule has 0 unspecified atom stereocenters. The first-order valence-electron chi connectivity index (χ1n) is 7.13. The molecule has 5 heteroatoms. The number of ether oxygens (including phenoxy) is 1. The molecule has 0 amide bonds. The van der Waals surface area contributed by atoms with Crippen molar-refractivity contribution in [3.05, 3.63) is 64.3 Å². The van der Waals surface area contributed by atoms with Gasteiger partial charge in [0, 0.05) is 9.86 Å². The molecule has 4 nitrogen and oxygen atoms in total. The molecule has 2 aromatic carbocycles. The van der Waals surface area contributed by atoms with Gasteiger partial charge in [-0.2, -0.15) is 5.26 Å². The largest absolute Gasteiger partial charge is 0.461 e. The van der Waals surface area contributed by atoms with Crippen LogP contribution in [0.4, 0.5) is 0 Å². The van der Waals surface area contributed by atoms with Crippen LogP contribution < -0.4 is 0 Å². The average molecular weight is 369 g/mol. The van der Waals surface area contributed by atoms with Crippen LogP contribution in [0, 0.1) is 11.3 Å². The Balaban J connectivity index is 2.35. The zero-order valence-corrected chi connectivity index (χ0v) is 14.0. The first-order valence-corrected chi connectivity index (χ1v) is 7.92. The van der Waals surface area contributed by atoms with E-state index in [0.29, 0.717) is 23.6 Å².